The van der Waals surface area contributed by atoms with E-state index in [0.717, 1.165) is 10.6 Å². The quantitative estimate of drug-likeness (QED) is 0.601. The van der Waals surface area contributed by atoms with Crippen LogP contribution in [0.4, 0.5) is 11.4 Å². The summed E-state index contributed by atoms with van der Waals surface area (Å²) in [7, 11) is 0. The molecular formula is C21H24ClN3O4. The fourth-order valence-electron chi connectivity index (χ4n) is 4.29. The van der Waals surface area contributed by atoms with Gasteiger partial charge in [0.1, 0.15) is 6.04 Å². The molecule has 0 unspecified atom stereocenters. The third-order valence-electron chi connectivity index (χ3n) is 5.88. The molecule has 8 heteroatoms. The summed E-state index contributed by atoms with van der Waals surface area (Å²) < 4.78 is 5.40. The molecule has 1 aromatic rings. The molecule has 29 heavy (non-hydrogen) atoms. The Bertz CT molecular complexity index is 839. The van der Waals surface area contributed by atoms with Gasteiger partial charge >= 0.3 is 0 Å². The number of morpholine rings is 1. The van der Waals surface area contributed by atoms with Gasteiger partial charge in [0.05, 0.1) is 41.4 Å². The highest BCUT2D eigenvalue weighted by Crippen LogP contribution is 2.37. The van der Waals surface area contributed by atoms with Crippen LogP contribution in [0.2, 0.25) is 5.02 Å². The third kappa shape index (κ3) is 3.65. The number of imide groups is 1. The molecule has 4 rings (SSSR count). The van der Waals surface area contributed by atoms with Crippen molar-refractivity contribution >= 4 is 40.7 Å². The number of hydrogen-bond acceptors (Lipinski definition) is 5. The van der Waals surface area contributed by atoms with Gasteiger partial charge < -0.3 is 15.0 Å². The highest BCUT2D eigenvalue weighted by Gasteiger charge is 2.50. The van der Waals surface area contributed by atoms with Crippen molar-refractivity contribution in [2.24, 2.45) is 11.8 Å². The third-order valence-corrected chi connectivity index (χ3v) is 6.19. The Morgan fingerprint density at radius 1 is 1.14 bits per heavy atom. The van der Waals surface area contributed by atoms with E-state index < -0.39 is 11.9 Å². The van der Waals surface area contributed by atoms with Gasteiger partial charge in [0.15, 0.2) is 0 Å². The van der Waals surface area contributed by atoms with Gasteiger partial charge in [0.2, 0.25) is 17.7 Å². The number of amides is 3. The molecular weight excluding hydrogens is 394 g/mol. The number of halogens is 1. The van der Waals surface area contributed by atoms with E-state index in [2.05, 4.69) is 10.2 Å². The van der Waals surface area contributed by atoms with Gasteiger partial charge in [-0.1, -0.05) is 29.8 Å². The zero-order valence-corrected chi connectivity index (χ0v) is 17.0. The summed E-state index contributed by atoms with van der Waals surface area (Å²) in [5, 5.41) is 3.41. The molecule has 0 radical (unpaired) electrons. The van der Waals surface area contributed by atoms with Crippen LogP contribution in [0.5, 0.6) is 0 Å². The molecule has 0 saturated carbocycles. The molecule has 2 saturated heterocycles. The van der Waals surface area contributed by atoms with Crippen molar-refractivity contribution in [3.8, 4) is 0 Å². The maximum atomic E-state index is 13.0. The molecule has 1 N–H and O–H groups in total. The fourth-order valence-corrected chi connectivity index (χ4v) is 4.58. The van der Waals surface area contributed by atoms with E-state index >= 15 is 0 Å². The van der Waals surface area contributed by atoms with E-state index in [1.54, 1.807) is 25.1 Å². The van der Waals surface area contributed by atoms with Crippen LogP contribution in [0.15, 0.2) is 30.4 Å². The Hall–Kier alpha value is -2.38. The molecule has 2 heterocycles. The van der Waals surface area contributed by atoms with Gasteiger partial charge in [-0.3, -0.25) is 19.3 Å². The van der Waals surface area contributed by atoms with E-state index in [1.807, 2.05) is 12.2 Å². The zero-order valence-electron chi connectivity index (χ0n) is 16.3. The van der Waals surface area contributed by atoms with E-state index in [1.165, 1.54) is 0 Å². The predicted molar refractivity (Wildman–Crippen MR) is 110 cm³/mol. The lowest BCUT2D eigenvalue weighted by Gasteiger charge is -2.31. The molecule has 1 aliphatic carbocycles. The molecule has 7 nitrogen and oxygen atoms in total. The Balaban J connectivity index is 1.53. The van der Waals surface area contributed by atoms with Crippen LogP contribution in [-0.2, 0) is 19.1 Å². The summed E-state index contributed by atoms with van der Waals surface area (Å²) in [5.74, 6) is -1.62. The van der Waals surface area contributed by atoms with Crippen LogP contribution in [-0.4, -0.2) is 55.0 Å². The van der Waals surface area contributed by atoms with E-state index in [0.29, 0.717) is 49.9 Å². The van der Waals surface area contributed by atoms with Crippen LogP contribution >= 0.6 is 11.6 Å². The average Bonchev–Trinajstić information content (AvgIpc) is 2.99. The number of nitrogens with one attached hydrogen (secondary N) is 1. The molecule has 154 valence electrons. The number of carbonyl (C=O) groups excluding carboxylic acids is 3. The maximum absolute atomic E-state index is 13.0. The summed E-state index contributed by atoms with van der Waals surface area (Å²) in [6.07, 6.45) is 4.97. The summed E-state index contributed by atoms with van der Waals surface area (Å²) in [6.45, 7) is 4.10. The minimum atomic E-state index is -0.892. The molecule has 0 aromatic heterocycles. The van der Waals surface area contributed by atoms with Crippen LogP contribution < -0.4 is 10.2 Å². The molecule has 0 spiro atoms. The first kappa shape index (κ1) is 19.9. The molecule has 3 amide bonds. The van der Waals surface area contributed by atoms with Crippen molar-refractivity contribution in [1.29, 1.82) is 0 Å². The summed E-state index contributed by atoms with van der Waals surface area (Å²) >= 11 is 6.42. The van der Waals surface area contributed by atoms with Crippen LogP contribution in [0.3, 0.4) is 0 Å². The van der Waals surface area contributed by atoms with Crippen molar-refractivity contribution in [2.75, 3.05) is 36.5 Å². The predicted octanol–water partition coefficient (Wildman–Crippen LogP) is 2.45. The number of allylic oxidation sites excluding steroid dienone is 2. The van der Waals surface area contributed by atoms with E-state index in [-0.39, 0.29) is 23.7 Å². The van der Waals surface area contributed by atoms with Crippen molar-refractivity contribution in [2.45, 2.75) is 25.8 Å². The molecule has 0 bridgehead atoms. The Morgan fingerprint density at radius 2 is 1.76 bits per heavy atom. The minimum absolute atomic E-state index is 0.258. The largest absolute Gasteiger partial charge is 0.378 e. The molecule has 2 aliphatic heterocycles. The Morgan fingerprint density at radius 3 is 2.38 bits per heavy atom. The number of nitrogens with zero attached hydrogens (tertiary/aromatic N) is 2. The van der Waals surface area contributed by atoms with Gasteiger partial charge in [-0.05, 0) is 31.9 Å². The highest BCUT2D eigenvalue weighted by molar-refractivity contribution is 6.34. The first-order valence-electron chi connectivity index (χ1n) is 9.93. The zero-order chi connectivity index (χ0) is 20.5. The second kappa shape index (κ2) is 8.16. The number of ether oxygens (including phenoxy) is 1. The van der Waals surface area contributed by atoms with Crippen molar-refractivity contribution in [1.82, 2.24) is 4.90 Å². The van der Waals surface area contributed by atoms with E-state index in [4.69, 9.17) is 16.3 Å². The maximum Gasteiger partial charge on any atom is 0.247 e. The summed E-state index contributed by atoms with van der Waals surface area (Å²) in [4.78, 5) is 41.7. The van der Waals surface area contributed by atoms with Crippen molar-refractivity contribution in [3.63, 3.8) is 0 Å². The van der Waals surface area contributed by atoms with Crippen LogP contribution in [0, 0.1) is 11.8 Å². The second-order valence-electron chi connectivity index (χ2n) is 7.60. The number of rotatable bonds is 4. The smallest absolute Gasteiger partial charge is 0.247 e. The Kier molecular flexibility index (Phi) is 5.61. The van der Waals surface area contributed by atoms with E-state index in [9.17, 15) is 14.4 Å². The average molecular weight is 418 g/mol. The fraction of sp³-hybridized carbons (Fsp3) is 0.476. The van der Waals surface area contributed by atoms with Gasteiger partial charge in [-0.25, -0.2) is 0 Å². The lowest BCUT2D eigenvalue weighted by atomic mass is 9.85. The lowest BCUT2D eigenvalue weighted by molar-refractivity contribution is -0.146. The first-order chi connectivity index (χ1) is 14.0. The number of carbonyl (C=O) groups is 3. The highest BCUT2D eigenvalue weighted by atomic mass is 35.5. The van der Waals surface area contributed by atoms with Crippen LogP contribution in [0.1, 0.15) is 19.8 Å². The number of likely N-dealkylation sites (tertiary alicyclic amines) is 1. The topological polar surface area (TPSA) is 79.0 Å². The number of anilines is 2. The number of fused-ring (bicyclic) bond motifs is 1. The number of benzene rings is 1. The minimum Gasteiger partial charge on any atom is -0.378 e. The molecule has 1 aromatic carbocycles. The van der Waals surface area contributed by atoms with Gasteiger partial charge in [-0.2, -0.15) is 0 Å². The summed E-state index contributed by atoms with van der Waals surface area (Å²) in [6, 6.07) is 4.42. The second-order valence-corrected chi connectivity index (χ2v) is 8.01. The Labute approximate surface area is 174 Å². The SMILES string of the molecule is C[C@@H](C(=O)Nc1cccc(Cl)c1N1CCOCC1)N1C(=O)[C@H]2CC=CC[C@H]2C1=O. The monoisotopic (exact) mass is 417 g/mol. The molecule has 3 aliphatic rings. The van der Waals surface area contributed by atoms with Crippen molar-refractivity contribution < 1.29 is 19.1 Å². The number of para-hydroxylation sites is 1. The first-order valence-corrected chi connectivity index (χ1v) is 10.3. The van der Waals surface area contributed by atoms with Gasteiger partial charge in [0.25, 0.3) is 0 Å². The van der Waals surface area contributed by atoms with Gasteiger partial charge in [0, 0.05) is 13.1 Å². The van der Waals surface area contributed by atoms with Gasteiger partial charge in [-0.15, -0.1) is 0 Å². The standard InChI is InChI=1S/C21H24ClN3O4/c1-13(25-20(27)14-5-2-3-6-15(14)21(25)28)19(26)23-17-8-4-7-16(22)18(17)24-9-11-29-12-10-24/h2-4,7-8,13-15H,5-6,9-12H2,1H3,(H,23,26)/t13-,14-,15+/m0/s1. The summed E-state index contributed by atoms with van der Waals surface area (Å²) in [5.41, 5.74) is 1.30. The van der Waals surface area contributed by atoms with Crippen molar-refractivity contribution in [3.05, 3.63) is 35.4 Å². The molecule has 3 atom stereocenters. The lowest BCUT2D eigenvalue weighted by Crippen LogP contribution is -2.46. The normalized spacial score (nSPS) is 25.2. The number of hydrogen-bond donors (Lipinski definition) is 1. The van der Waals surface area contributed by atoms with Crippen LogP contribution in [0.25, 0.3) is 0 Å². The molecule has 2 fully saturated rings.